The summed E-state index contributed by atoms with van der Waals surface area (Å²) in [5.41, 5.74) is 0. The van der Waals surface area contributed by atoms with Crippen molar-refractivity contribution in [2.45, 2.75) is 13.3 Å². The summed E-state index contributed by atoms with van der Waals surface area (Å²) < 4.78 is 14.8. The highest BCUT2D eigenvalue weighted by atomic mass is 35.7. The number of rotatable bonds is 4. The monoisotopic (exact) mass is 184 g/mol. The molecule has 3 nitrogen and oxygen atoms in total. The fourth-order valence-corrected chi connectivity index (χ4v) is 1.06. The van der Waals surface area contributed by atoms with Crippen LogP contribution >= 0.6 is 10.7 Å². The molecular weight excluding hydrogens is 176 g/mol. The van der Waals surface area contributed by atoms with E-state index in [1.165, 1.54) is 6.92 Å². The second-order valence-electron chi connectivity index (χ2n) is 1.69. The maximum absolute atomic E-state index is 10.2. The lowest BCUT2D eigenvalue weighted by molar-refractivity contribution is -0.140. The molecule has 0 heterocycles. The maximum atomic E-state index is 10.2. The number of hydrogen-bond acceptors (Lipinski definition) is 3. The molecule has 0 amide bonds. The van der Waals surface area contributed by atoms with E-state index in [9.17, 15) is 9.00 Å². The van der Waals surface area contributed by atoms with Crippen molar-refractivity contribution in [3.8, 4) is 0 Å². The van der Waals surface area contributed by atoms with Crippen molar-refractivity contribution in [1.29, 1.82) is 0 Å². The molecule has 0 bridgehead atoms. The molecule has 0 radical (unpaired) electrons. The lowest BCUT2D eigenvalue weighted by Gasteiger charge is -1.97. The van der Waals surface area contributed by atoms with E-state index < -0.39 is 10.0 Å². The molecule has 0 aliphatic carbocycles. The second-order valence-corrected chi connectivity index (χ2v) is 3.71. The Morgan fingerprint density at radius 2 is 2.30 bits per heavy atom. The molecule has 0 aromatic carbocycles. The Kier molecular flexibility index (Phi) is 5.63. The molecule has 0 aliphatic rings. The van der Waals surface area contributed by atoms with Gasteiger partial charge < -0.3 is 4.74 Å². The number of ether oxygens (including phenoxy) is 1. The minimum absolute atomic E-state index is 0.299. The van der Waals surface area contributed by atoms with E-state index in [4.69, 9.17) is 10.7 Å². The summed E-state index contributed by atoms with van der Waals surface area (Å²) in [6, 6.07) is 0. The average molecular weight is 185 g/mol. The quantitative estimate of drug-likeness (QED) is 0.370. The van der Waals surface area contributed by atoms with E-state index in [2.05, 4.69) is 4.74 Å². The highest BCUT2D eigenvalue weighted by Crippen LogP contribution is 1.92. The Morgan fingerprint density at radius 1 is 1.70 bits per heavy atom. The first-order valence-electron chi connectivity index (χ1n) is 2.81. The molecule has 0 aromatic rings. The fraction of sp³-hybridized carbons (Fsp3) is 0.800. The molecule has 10 heavy (non-hydrogen) atoms. The van der Waals surface area contributed by atoms with Crippen LogP contribution in [0.1, 0.15) is 13.3 Å². The molecule has 0 rings (SSSR count). The number of hydrogen-bond donors (Lipinski definition) is 0. The Balaban J connectivity index is 3.06. The first-order valence-corrected chi connectivity index (χ1v) is 4.95. The van der Waals surface area contributed by atoms with Gasteiger partial charge in [0.1, 0.15) is 10.0 Å². The highest BCUT2D eigenvalue weighted by Gasteiger charge is 1.95. The minimum atomic E-state index is -1.30. The van der Waals surface area contributed by atoms with Gasteiger partial charge in [0.2, 0.25) is 0 Å². The zero-order valence-corrected chi connectivity index (χ0v) is 7.20. The van der Waals surface area contributed by atoms with E-state index in [1.807, 2.05) is 0 Å². The van der Waals surface area contributed by atoms with Gasteiger partial charge in [0.15, 0.2) is 0 Å². The smallest absolute Gasteiger partial charge is 0.302 e. The van der Waals surface area contributed by atoms with Gasteiger partial charge in [-0.25, -0.2) is 4.21 Å². The van der Waals surface area contributed by atoms with Crippen LogP contribution in [0.4, 0.5) is 0 Å². The predicted molar refractivity (Wildman–Crippen MR) is 40.1 cm³/mol. The third kappa shape index (κ3) is 7.91. The summed E-state index contributed by atoms with van der Waals surface area (Å²) in [7, 11) is 3.83. The van der Waals surface area contributed by atoms with Gasteiger partial charge in [0, 0.05) is 12.7 Å². The number of halogens is 1. The van der Waals surface area contributed by atoms with E-state index in [1.54, 1.807) is 0 Å². The molecule has 1 atom stereocenters. The molecule has 5 heteroatoms. The third-order valence-corrected chi connectivity index (χ3v) is 1.83. The molecule has 0 saturated carbocycles. The maximum Gasteiger partial charge on any atom is 0.302 e. The summed E-state index contributed by atoms with van der Waals surface area (Å²) in [6.45, 7) is 1.63. The topological polar surface area (TPSA) is 43.4 Å². The molecule has 1 unspecified atom stereocenters. The average Bonchev–Trinajstić information content (AvgIpc) is 1.79. The largest absolute Gasteiger partial charge is 0.466 e. The van der Waals surface area contributed by atoms with E-state index >= 15 is 0 Å². The van der Waals surface area contributed by atoms with Gasteiger partial charge in [-0.05, 0) is 17.1 Å². The molecule has 0 N–H and O–H groups in total. The van der Waals surface area contributed by atoms with Crippen molar-refractivity contribution in [2.75, 3.05) is 12.4 Å². The Hall–Kier alpha value is -0.0900. The van der Waals surface area contributed by atoms with Crippen LogP contribution in [-0.2, 0) is 19.5 Å². The number of carbonyl (C=O) groups is 1. The number of carbonyl (C=O) groups excluding carboxylic acids is 1. The van der Waals surface area contributed by atoms with Crippen LogP contribution in [0, 0.1) is 0 Å². The van der Waals surface area contributed by atoms with Crippen molar-refractivity contribution >= 4 is 26.7 Å². The Bertz CT molecular complexity index is 121. The lowest BCUT2D eigenvalue weighted by Crippen LogP contribution is -2.03. The highest BCUT2D eigenvalue weighted by molar-refractivity contribution is 8.08. The molecule has 0 aliphatic heterocycles. The van der Waals surface area contributed by atoms with E-state index in [-0.39, 0.29) is 5.97 Å². The zero-order chi connectivity index (χ0) is 7.98. The van der Waals surface area contributed by atoms with Crippen molar-refractivity contribution in [3.63, 3.8) is 0 Å². The van der Waals surface area contributed by atoms with Gasteiger partial charge in [-0.2, -0.15) is 0 Å². The van der Waals surface area contributed by atoms with Gasteiger partial charge in [-0.1, -0.05) is 0 Å². The summed E-state index contributed by atoms with van der Waals surface area (Å²) in [4.78, 5) is 10.2. The molecular formula is C5H9ClO3S. The Morgan fingerprint density at radius 3 is 2.70 bits per heavy atom. The Labute approximate surface area is 66.7 Å². The van der Waals surface area contributed by atoms with Crippen molar-refractivity contribution in [2.24, 2.45) is 0 Å². The van der Waals surface area contributed by atoms with E-state index in [0.717, 1.165) is 0 Å². The first-order chi connectivity index (χ1) is 4.63. The normalized spacial score (nSPS) is 12.6. The van der Waals surface area contributed by atoms with Gasteiger partial charge in [0.05, 0.1) is 6.61 Å². The third-order valence-electron chi connectivity index (χ3n) is 0.754. The van der Waals surface area contributed by atoms with Crippen molar-refractivity contribution in [1.82, 2.24) is 0 Å². The summed E-state index contributed by atoms with van der Waals surface area (Å²) >= 11 is 0. The van der Waals surface area contributed by atoms with E-state index in [0.29, 0.717) is 18.8 Å². The molecule has 0 saturated heterocycles. The first kappa shape index (κ1) is 9.91. The summed E-state index contributed by atoms with van der Waals surface area (Å²) in [5, 5.41) is 0. The van der Waals surface area contributed by atoms with Crippen LogP contribution in [0.3, 0.4) is 0 Å². The number of esters is 1. The minimum Gasteiger partial charge on any atom is -0.466 e. The lowest BCUT2D eigenvalue weighted by atomic mass is 10.5. The molecule has 0 spiro atoms. The van der Waals surface area contributed by atoms with Crippen LogP contribution in [-0.4, -0.2) is 22.5 Å². The van der Waals surface area contributed by atoms with Crippen LogP contribution in [0.5, 0.6) is 0 Å². The predicted octanol–water partition coefficient (Wildman–Crippen LogP) is 0.842. The van der Waals surface area contributed by atoms with Crippen molar-refractivity contribution < 1.29 is 13.7 Å². The standard InChI is InChI=1S/C5H9ClO3S/c1-5(7)9-3-2-4-10(6)8/h2-4H2,1H3. The fourth-order valence-electron chi connectivity index (χ4n) is 0.388. The van der Waals surface area contributed by atoms with Gasteiger partial charge >= 0.3 is 5.97 Å². The van der Waals surface area contributed by atoms with Crippen LogP contribution < -0.4 is 0 Å². The van der Waals surface area contributed by atoms with Crippen molar-refractivity contribution in [3.05, 3.63) is 0 Å². The van der Waals surface area contributed by atoms with Crippen LogP contribution in [0.25, 0.3) is 0 Å². The van der Waals surface area contributed by atoms with Crippen LogP contribution in [0.2, 0.25) is 0 Å². The molecule has 0 fully saturated rings. The SMILES string of the molecule is CC(=O)OCCCS(=O)Cl. The van der Waals surface area contributed by atoms with Gasteiger partial charge in [0.25, 0.3) is 0 Å². The summed E-state index contributed by atoms with van der Waals surface area (Å²) in [6.07, 6.45) is 0.551. The van der Waals surface area contributed by atoms with Gasteiger partial charge in [-0.15, -0.1) is 0 Å². The van der Waals surface area contributed by atoms with Crippen LogP contribution in [0.15, 0.2) is 0 Å². The summed E-state index contributed by atoms with van der Waals surface area (Å²) in [5.74, 6) is 0.0508. The van der Waals surface area contributed by atoms with Gasteiger partial charge in [-0.3, -0.25) is 4.79 Å². The zero-order valence-electron chi connectivity index (χ0n) is 5.63. The molecule has 60 valence electrons. The molecule has 0 aromatic heterocycles. The second kappa shape index (κ2) is 5.68.